The second-order valence-corrected chi connectivity index (χ2v) is 9.89. The Morgan fingerprint density at radius 1 is 1.17 bits per heavy atom. The van der Waals surface area contributed by atoms with E-state index >= 15 is 0 Å². The average molecular weight is 442 g/mol. The number of nitrogens with zero attached hydrogens (tertiary/aromatic N) is 1. The summed E-state index contributed by atoms with van der Waals surface area (Å²) in [4.78, 5) is 18.2. The number of hydrogen-bond donors (Lipinski definition) is 0. The van der Waals surface area contributed by atoms with Crippen LogP contribution in [-0.4, -0.2) is 11.0 Å². The summed E-state index contributed by atoms with van der Waals surface area (Å²) in [6, 6.07) is 13.0. The lowest BCUT2D eigenvalue weighted by Crippen LogP contribution is -2.29. The number of fused-ring (bicyclic) bond motifs is 2. The number of carbonyl (C=O) groups excluding carboxylic acids is 1. The van der Waals surface area contributed by atoms with Crippen molar-refractivity contribution in [3.8, 4) is 0 Å². The Morgan fingerprint density at radius 2 is 1.93 bits per heavy atom. The van der Waals surface area contributed by atoms with Crippen LogP contribution in [0.4, 0.5) is 0 Å². The topological polar surface area (TPSA) is 39.2 Å². The van der Waals surface area contributed by atoms with E-state index in [-0.39, 0.29) is 18.0 Å². The van der Waals surface area contributed by atoms with Gasteiger partial charge >= 0.3 is 5.97 Å². The molecular weight excluding hydrogens is 417 g/mol. The number of pyridine rings is 1. The summed E-state index contributed by atoms with van der Waals surface area (Å²) < 4.78 is 5.74. The maximum atomic E-state index is 13.3. The predicted octanol–water partition coefficient (Wildman–Crippen LogP) is 7.05. The van der Waals surface area contributed by atoms with Gasteiger partial charge in [0.05, 0.1) is 11.1 Å². The minimum absolute atomic E-state index is 0.100. The average Bonchev–Trinajstić information content (AvgIpc) is 2.70. The van der Waals surface area contributed by atoms with Gasteiger partial charge in [0.1, 0.15) is 6.61 Å². The number of aryl methyl sites for hydroxylation is 1. The first-order chi connectivity index (χ1) is 14.2. The summed E-state index contributed by atoms with van der Waals surface area (Å²) in [5.41, 5.74) is 4.44. The van der Waals surface area contributed by atoms with E-state index in [0.717, 1.165) is 47.0 Å². The van der Waals surface area contributed by atoms with Crippen LogP contribution in [0, 0.1) is 11.3 Å². The normalized spacial score (nSPS) is 16.4. The van der Waals surface area contributed by atoms with E-state index in [4.69, 9.17) is 32.9 Å². The van der Waals surface area contributed by atoms with Gasteiger partial charge in [-0.2, -0.15) is 0 Å². The molecule has 0 amide bonds. The summed E-state index contributed by atoms with van der Waals surface area (Å²) in [6.45, 7) is 6.88. The molecule has 5 heteroatoms. The van der Waals surface area contributed by atoms with Crippen LogP contribution in [0.15, 0.2) is 42.5 Å². The first-order valence-electron chi connectivity index (χ1n) is 10.3. The molecule has 0 radical (unpaired) electrons. The van der Waals surface area contributed by atoms with Gasteiger partial charge < -0.3 is 4.74 Å². The lowest BCUT2D eigenvalue weighted by atomic mass is 9.70. The molecule has 0 saturated heterocycles. The molecule has 1 aromatic heterocycles. The Hall–Kier alpha value is -2.10. The van der Waals surface area contributed by atoms with Crippen LogP contribution in [0.5, 0.6) is 0 Å². The number of hydrogen-bond acceptors (Lipinski definition) is 3. The summed E-state index contributed by atoms with van der Waals surface area (Å²) in [6.07, 6.45) is 2.80. The molecule has 1 heterocycles. The SMILES string of the molecule is CC(C)(C)C1CCc2nc3ccccc3c(C(=O)OCc3ccc(Cl)cc3Cl)c2C1. The van der Waals surface area contributed by atoms with E-state index in [2.05, 4.69) is 20.8 Å². The van der Waals surface area contributed by atoms with Gasteiger partial charge in [-0.05, 0) is 54.4 Å². The van der Waals surface area contributed by atoms with Gasteiger partial charge in [0.15, 0.2) is 0 Å². The maximum Gasteiger partial charge on any atom is 0.339 e. The van der Waals surface area contributed by atoms with E-state index in [1.807, 2.05) is 24.3 Å². The second-order valence-electron chi connectivity index (χ2n) is 9.05. The molecule has 156 valence electrons. The highest BCUT2D eigenvalue weighted by atomic mass is 35.5. The van der Waals surface area contributed by atoms with Crippen molar-refractivity contribution in [2.45, 2.75) is 46.6 Å². The van der Waals surface area contributed by atoms with Crippen molar-refractivity contribution < 1.29 is 9.53 Å². The molecule has 1 aliphatic rings. The van der Waals surface area contributed by atoms with Crippen molar-refractivity contribution in [3.05, 3.63) is 74.9 Å². The van der Waals surface area contributed by atoms with E-state index in [1.165, 1.54) is 0 Å². The highest BCUT2D eigenvalue weighted by molar-refractivity contribution is 6.35. The molecule has 0 N–H and O–H groups in total. The number of halogens is 2. The third-order valence-electron chi connectivity index (χ3n) is 6.06. The molecule has 3 nitrogen and oxygen atoms in total. The standard InChI is InChI=1S/C25H25Cl2NO2/c1-25(2,3)16-9-11-22-19(12-16)23(18-6-4-5-7-21(18)28-22)24(29)30-14-15-8-10-17(26)13-20(15)27/h4-8,10,13,16H,9,11-12,14H2,1-3H3. The Labute approximate surface area is 187 Å². The van der Waals surface area contributed by atoms with Crippen molar-refractivity contribution in [2.75, 3.05) is 0 Å². The second kappa shape index (κ2) is 8.20. The van der Waals surface area contributed by atoms with Crippen LogP contribution < -0.4 is 0 Å². The fraction of sp³-hybridized carbons (Fsp3) is 0.360. The van der Waals surface area contributed by atoms with Gasteiger partial charge in [-0.1, -0.05) is 68.2 Å². The highest BCUT2D eigenvalue weighted by Crippen LogP contribution is 2.39. The molecule has 0 saturated carbocycles. The summed E-state index contributed by atoms with van der Waals surface area (Å²) in [5.74, 6) is 0.163. The maximum absolute atomic E-state index is 13.3. The molecule has 4 rings (SSSR count). The summed E-state index contributed by atoms with van der Waals surface area (Å²) in [5, 5.41) is 1.89. The molecule has 0 bridgehead atoms. The van der Waals surface area contributed by atoms with Crippen LogP contribution in [0.1, 0.15) is 54.4 Å². The first kappa shape index (κ1) is 21.1. The molecule has 2 aromatic carbocycles. The van der Waals surface area contributed by atoms with Gasteiger partial charge in [0.2, 0.25) is 0 Å². The van der Waals surface area contributed by atoms with Gasteiger partial charge in [-0.3, -0.25) is 4.98 Å². The number of ether oxygens (including phenoxy) is 1. The van der Waals surface area contributed by atoms with Crippen molar-refractivity contribution in [1.82, 2.24) is 4.98 Å². The number of rotatable bonds is 3. The Bertz CT molecular complexity index is 1120. The predicted molar refractivity (Wildman–Crippen MR) is 122 cm³/mol. The molecule has 0 spiro atoms. The summed E-state index contributed by atoms with van der Waals surface area (Å²) in [7, 11) is 0. The van der Waals surface area contributed by atoms with Crippen molar-refractivity contribution in [2.24, 2.45) is 11.3 Å². The van der Waals surface area contributed by atoms with E-state index in [9.17, 15) is 4.79 Å². The third kappa shape index (κ3) is 4.19. The number of benzene rings is 2. The highest BCUT2D eigenvalue weighted by Gasteiger charge is 2.33. The summed E-state index contributed by atoms with van der Waals surface area (Å²) >= 11 is 12.2. The van der Waals surface area contributed by atoms with Crippen molar-refractivity contribution in [1.29, 1.82) is 0 Å². The van der Waals surface area contributed by atoms with Crippen LogP contribution in [-0.2, 0) is 24.2 Å². The third-order valence-corrected chi connectivity index (χ3v) is 6.65. The van der Waals surface area contributed by atoms with E-state index in [0.29, 0.717) is 21.5 Å². The number of esters is 1. The largest absolute Gasteiger partial charge is 0.457 e. The van der Waals surface area contributed by atoms with E-state index < -0.39 is 0 Å². The minimum Gasteiger partial charge on any atom is -0.457 e. The number of carbonyl (C=O) groups is 1. The van der Waals surface area contributed by atoms with Crippen molar-refractivity contribution in [3.63, 3.8) is 0 Å². The zero-order valence-electron chi connectivity index (χ0n) is 17.5. The van der Waals surface area contributed by atoms with Crippen LogP contribution in [0.2, 0.25) is 10.0 Å². The molecule has 1 atom stereocenters. The lowest BCUT2D eigenvalue weighted by molar-refractivity contribution is 0.0472. The molecular formula is C25H25Cl2NO2. The van der Waals surface area contributed by atoms with Crippen LogP contribution in [0.25, 0.3) is 10.9 Å². The molecule has 1 unspecified atom stereocenters. The minimum atomic E-state index is -0.328. The number of aromatic nitrogens is 1. The molecule has 0 aliphatic heterocycles. The lowest BCUT2D eigenvalue weighted by Gasteiger charge is -2.35. The molecule has 3 aromatic rings. The van der Waals surface area contributed by atoms with E-state index in [1.54, 1.807) is 18.2 Å². The Morgan fingerprint density at radius 3 is 2.67 bits per heavy atom. The van der Waals surface area contributed by atoms with Crippen molar-refractivity contribution >= 4 is 40.1 Å². The van der Waals surface area contributed by atoms with Gasteiger partial charge in [0.25, 0.3) is 0 Å². The zero-order valence-corrected chi connectivity index (χ0v) is 19.0. The number of para-hydroxylation sites is 1. The molecule has 1 aliphatic carbocycles. The molecule has 30 heavy (non-hydrogen) atoms. The van der Waals surface area contributed by atoms with Gasteiger partial charge in [-0.15, -0.1) is 0 Å². The smallest absolute Gasteiger partial charge is 0.339 e. The van der Waals surface area contributed by atoms with Gasteiger partial charge in [-0.25, -0.2) is 4.79 Å². The first-order valence-corrected chi connectivity index (χ1v) is 11.0. The Balaban J connectivity index is 1.72. The van der Waals surface area contributed by atoms with Crippen LogP contribution >= 0.6 is 23.2 Å². The van der Waals surface area contributed by atoms with Crippen LogP contribution in [0.3, 0.4) is 0 Å². The fourth-order valence-corrected chi connectivity index (χ4v) is 4.68. The molecule has 0 fully saturated rings. The fourth-order valence-electron chi connectivity index (χ4n) is 4.21. The Kier molecular flexibility index (Phi) is 5.78. The monoisotopic (exact) mass is 441 g/mol. The quantitative estimate of drug-likeness (QED) is 0.408. The van der Waals surface area contributed by atoms with Gasteiger partial charge in [0, 0.05) is 26.7 Å². The zero-order chi connectivity index (χ0) is 21.5.